The minimum Gasteiger partial charge on any atom is -0.367 e. The van der Waals surface area contributed by atoms with Crippen LogP contribution < -0.4 is 5.32 Å². The van der Waals surface area contributed by atoms with Crippen molar-refractivity contribution in [3.05, 3.63) is 17.5 Å². The number of likely N-dealkylation sites (tertiary alicyclic amines) is 1. The SMILES string of the molecule is CC(C)N1C[C@H](NC(=O)c2cc(C3CC3)on2)C[C@@H]1COCC#CC1CCCCC1. The zero-order valence-electron chi connectivity index (χ0n) is 18.4. The molecule has 1 amide bonds. The van der Waals surface area contributed by atoms with E-state index in [1.54, 1.807) is 6.07 Å². The Bertz CT molecular complexity index is 768. The standard InChI is InChI=1S/C24H35N3O3/c1-17(2)27-15-20(25-24(28)22-14-23(30-26-22)19-10-11-19)13-21(27)16-29-12-6-9-18-7-4-3-5-8-18/h14,17-21H,3-5,7-8,10-13,15-16H2,1-2H3,(H,25,28)/t20-,21-/m1/s1. The Morgan fingerprint density at radius 1 is 1.30 bits per heavy atom. The Morgan fingerprint density at radius 3 is 2.83 bits per heavy atom. The number of carbonyl (C=O) groups is 1. The second kappa shape index (κ2) is 9.98. The predicted molar refractivity (Wildman–Crippen MR) is 115 cm³/mol. The number of ether oxygens (including phenoxy) is 1. The van der Waals surface area contributed by atoms with Gasteiger partial charge in [-0.05, 0) is 46.0 Å². The van der Waals surface area contributed by atoms with E-state index in [0.717, 1.165) is 31.6 Å². The number of hydrogen-bond acceptors (Lipinski definition) is 5. The Balaban J connectivity index is 1.23. The maximum absolute atomic E-state index is 12.6. The Hall–Kier alpha value is -1.84. The van der Waals surface area contributed by atoms with E-state index in [4.69, 9.17) is 9.26 Å². The number of nitrogens with zero attached hydrogens (tertiary/aromatic N) is 2. The fraction of sp³-hybridized carbons (Fsp3) is 0.750. The summed E-state index contributed by atoms with van der Waals surface area (Å²) in [5.41, 5.74) is 0.394. The average Bonchev–Trinajstić information content (AvgIpc) is 3.32. The van der Waals surface area contributed by atoms with Crippen LogP contribution in [0.15, 0.2) is 10.6 Å². The Kier molecular flexibility index (Phi) is 7.12. The van der Waals surface area contributed by atoms with Crippen LogP contribution in [0.5, 0.6) is 0 Å². The molecule has 1 aromatic heterocycles. The van der Waals surface area contributed by atoms with E-state index in [1.165, 1.54) is 32.1 Å². The lowest BCUT2D eigenvalue weighted by Crippen LogP contribution is -2.40. The van der Waals surface area contributed by atoms with Crippen LogP contribution in [0, 0.1) is 17.8 Å². The van der Waals surface area contributed by atoms with E-state index >= 15 is 0 Å². The molecule has 2 atom stereocenters. The summed E-state index contributed by atoms with van der Waals surface area (Å²) in [4.78, 5) is 15.0. The van der Waals surface area contributed by atoms with Gasteiger partial charge in [0.2, 0.25) is 0 Å². The van der Waals surface area contributed by atoms with Crippen LogP contribution in [0.4, 0.5) is 0 Å². The summed E-state index contributed by atoms with van der Waals surface area (Å²) in [7, 11) is 0. The molecule has 0 unspecified atom stereocenters. The van der Waals surface area contributed by atoms with Gasteiger partial charge in [-0.25, -0.2) is 0 Å². The van der Waals surface area contributed by atoms with Crippen molar-refractivity contribution in [1.29, 1.82) is 0 Å². The third-order valence-corrected chi connectivity index (χ3v) is 6.59. The number of rotatable bonds is 7. The molecular formula is C24H35N3O3. The molecule has 1 aromatic rings. The molecule has 1 N–H and O–H groups in total. The fourth-order valence-corrected chi connectivity index (χ4v) is 4.74. The largest absolute Gasteiger partial charge is 0.367 e. The number of carbonyl (C=O) groups excluding carboxylic acids is 1. The maximum atomic E-state index is 12.6. The molecule has 6 heteroatoms. The molecule has 1 saturated heterocycles. The van der Waals surface area contributed by atoms with Crippen LogP contribution in [-0.4, -0.2) is 53.8 Å². The first-order valence-corrected chi connectivity index (χ1v) is 11.7. The Morgan fingerprint density at radius 2 is 2.10 bits per heavy atom. The van der Waals surface area contributed by atoms with Gasteiger partial charge >= 0.3 is 0 Å². The van der Waals surface area contributed by atoms with Crippen molar-refractivity contribution in [3.8, 4) is 11.8 Å². The lowest BCUT2D eigenvalue weighted by Gasteiger charge is -2.27. The molecule has 164 valence electrons. The topological polar surface area (TPSA) is 67.6 Å². The number of nitrogens with one attached hydrogen (secondary N) is 1. The highest BCUT2D eigenvalue weighted by atomic mass is 16.5. The summed E-state index contributed by atoms with van der Waals surface area (Å²) in [6.45, 7) is 6.37. The number of amides is 1. The van der Waals surface area contributed by atoms with Crippen LogP contribution in [0.3, 0.4) is 0 Å². The van der Waals surface area contributed by atoms with Crippen molar-refractivity contribution in [3.63, 3.8) is 0 Å². The first-order chi connectivity index (χ1) is 14.6. The van der Waals surface area contributed by atoms with E-state index in [9.17, 15) is 4.79 Å². The highest BCUT2D eigenvalue weighted by Gasteiger charge is 2.35. The van der Waals surface area contributed by atoms with Crippen LogP contribution >= 0.6 is 0 Å². The molecule has 4 rings (SSSR count). The first kappa shape index (κ1) is 21.4. The van der Waals surface area contributed by atoms with Gasteiger partial charge in [0.1, 0.15) is 12.4 Å². The summed E-state index contributed by atoms with van der Waals surface area (Å²) in [5, 5.41) is 7.10. The Labute approximate surface area is 180 Å². The third-order valence-electron chi connectivity index (χ3n) is 6.59. The van der Waals surface area contributed by atoms with Gasteiger partial charge in [0.05, 0.1) is 6.61 Å². The van der Waals surface area contributed by atoms with Crippen molar-refractivity contribution >= 4 is 5.91 Å². The molecule has 30 heavy (non-hydrogen) atoms. The highest BCUT2D eigenvalue weighted by molar-refractivity contribution is 5.92. The molecule has 1 aliphatic heterocycles. The van der Waals surface area contributed by atoms with Crippen LogP contribution in [-0.2, 0) is 4.74 Å². The normalized spacial score (nSPS) is 25.3. The first-order valence-electron chi connectivity index (χ1n) is 11.7. The molecule has 2 heterocycles. The molecule has 0 radical (unpaired) electrons. The smallest absolute Gasteiger partial charge is 0.273 e. The molecule has 3 fully saturated rings. The van der Waals surface area contributed by atoms with Gasteiger partial charge in [0.25, 0.3) is 5.91 Å². The monoisotopic (exact) mass is 413 g/mol. The minimum absolute atomic E-state index is 0.0999. The van der Waals surface area contributed by atoms with Gasteiger partial charge in [0, 0.05) is 42.6 Å². The van der Waals surface area contributed by atoms with Gasteiger partial charge in [-0.3, -0.25) is 9.69 Å². The lowest BCUT2D eigenvalue weighted by atomic mass is 9.90. The van der Waals surface area contributed by atoms with Crippen molar-refractivity contribution in [2.45, 2.75) is 89.3 Å². The van der Waals surface area contributed by atoms with Crippen molar-refractivity contribution in [2.75, 3.05) is 19.8 Å². The quantitative estimate of drug-likeness (QED) is 0.545. The van der Waals surface area contributed by atoms with E-state index < -0.39 is 0 Å². The molecular weight excluding hydrogens is 378 g/mol. The van der Waals surface area contributed by atoms with E-state index in [2.05, 4.69) is 41.1 Å². The minimum atomic E-state index is -0.140. The zero-order chi connectivity index (χ0) is 20.9. The highest BCUT2D eigenvalue weighted by Crippen LogP contribution is 2.40. The van der Waals surface area contributed by atoms with E-state index in [-0.39, 0.29) is 11.9 Å². The third kappa shape index (κ3) is 5.65. The molecule has 2 saturated carbocycles. The molecule has 2 aliphatic carbocycles. The van der Waals surface area contributed by atoms with Gasteiger partial charge in [-0.15, -0.1) is 0 Å². The molecule has 0 aromatic carbocycles. The summed E-state index contributed by atoms with van der Waals surface area (Å²) < 4.78 is 11.2. The maximum Gasteiger partial charge on any atom is 0.273 e. The van der Waals surface area contributed by atoms with Crippen molar-refractivity contribution in [2.24, 2.45) is 5.92 Å². The second-order valence-electron chi connectivity index (χ2n) is 9.41. The predicted octanol–water partition coefficient (Wildman–Crippen LogP) is 3.73. The molecule has 0 bridgehead atoms. The van der Waals surface area contributed by atoms with Crippen LogP contribution in [0.1, 0.15) is 87.4 Å². The summed E-state index contributed by atoms with van der Waals surface area (Å²) in [5.74, 6) is 8.35. The van der Waals surface area contributed by atoms with Crippen molar-refractivity contribution in [1.82, 2.24) is 15.4 Å². The summed E-state index contributed by atoms with van der Waals surface area (Å²) >= 11 is 0. The zero-order valence-corrected chi connectivity index (χ0v) is 18.4. The number of hydrogen-bond donors (Lipinski definition) is 1. The van der Waals surface area contributed by atoms with Gasteiger partial charge in [-0.1, -0.05) is 36.3 Å². The fourth-order valence-electron chi connectivity index (χ4n) is 4.74. The molecule has 6 nitrogen and oxygen atoms in total. The molecule has 3 aliphatic rings. The van der Waals surface area contributed by atoms with Crippen LogP contribution in [0.2, 0.25) is 0 Å². The van der Waals surface area contributed by atoms with E-state index in [1.807, 2.05) is 0 Å². The van der Waals surface area contributed by atoms with Crippen LogP contribution in [0.25, 0.3) is 0 Å². The van der Waals surface area contributed by atoms with E-state index in [0.29, 0.717) is 42.8 Å². The average molecular weight is 414 g/mol. The van der Waals surface area contributed by atoms with Crippen molar-refractivity contribution < 1.29 is 14.1 Å². The number of aromatic nitrogens is 1. The summed E-state index contributed by atoms with van der Waals surface area (Å²) in [6, 6.07) is 2.60. The summed E-state index contributed by atoms with van der Waals surface area (Å²) in [6.07, 6.45) is 9.62. The van der Waals surface area contributed by atoms with Gasteiger partial charge in [-0.2, -0.15) is 0 Å². The van der Waals surface area contributed by atoms with Gasteiger partial charge in [0.15, 0.2) is 5.69 Å². The van der Waals surface area contributed by atoms with Gasteiger partial charge < -0.3 is 14.6 Å². The second-order valence-corrected chi connectivity index (χ2v) is 9.41. The lowest BCUT2D eigenvalue weighted by molar-refractivity contribution is 0.0828. The molecule has 0 spiro atoms.